The van der Waals surface area contributed by atoms with Gasteiger partial charge in [-0.3, -0.25) is 4.79 Å². The molecule has 0 radical (unpaired) electrons. The number of hydrogen-bond donors (Lipinski definition) is 1. The molecule has 1 unspecified atom stereocenters. The lowest BCUT2D eigenvalue weighted by Gasteiger charge is -2.11. The molecule has 7 nitrogen and oxygen atoms in total. The number of carbonyl (C=O) groups excluding carboxylic acids is 2. The lowest BCUT2D eigenvalue weighted by Crippen LogP contribution is -2.22. The molecule has 1 aromatic heterocycles. The highest BCUT2D eigenvalue weighted by Crippen LogP contribution is 2.22. The van der Waals surface area contributed by atoms with Gasteiger partial charge in [0.25, 0.3) is 0 Å². The molecule has 7 heteroatoms. The Hall–Kier alpha value is -2.67. The van der Waals surface area contributed by atoms with Crippen LogP contribution in [-0.2, 0) is 25.7 Å². The Kier molecular flexibility index (Phi) is 4.61. The summed E-state index contributed by atoms with van der Waals surface area (Å²) in [6.07, 6.45) is 0.961. The first-order chi connectivity index (χ1) is 11.5. The fourth-order valence-electron chi connectivity index (χ4n) is 2.64. The van der Waals surface area contributed by atoms with Crippen molar-refractivity contribution in [1.82, 2.24) is 0 Å². The molecule has 1 N–H and O–H groups in total. The van der Waals surface area contributed by atoms with E-state index in [1.165, 1.54) is 13.0 Å². The van der Waals surface area contributed by atoms with Gasteiger partial charge in [0.1, 0.15) is 12.2 Å². The van der Waals surface area contributed by atoms with Gasteiger partial charge in [-0.15, -0.1) is 0 Å². The second kappa shape index (κ2) is 6.84. The van der Waals surface area contributed by atoms with Crippen molar-refractivity contribution in [1.29, 1.82) is 0 Å². The third-order valence-corrected chi connectivity index (χ3v) is 3.71. The highest BCUT2D eigenvalue weighted by Gasteiger charge is 2.25. The summed E-state index contributed by atoms with van der Waals surface area (Å²) >= 11 is 0. The first kappa shape index (κ1) is 16.2. The molecule has 126 valence electrons. The molecule has 1 aliphatic heterocycles. The fraction of sp³-hybridized carbons (Fsp3) is 0.353. The molecule has 1 aromatic carbocycles. The first-order valence-corrected chi connectivity index (χ1v) is 7.65. The van der Waals surface area contributed by atoms with Gasteiger partial charge in [-0.1, -0.05) is 0 Å². The van der Waals surface area contributed by atoms with E-state index in [0.29, 0.717) is 35.2 Å². The van der Waals surface area contributed by atoms with Crippen LogP contribution in [0, 0.1) is 0 Å². The quantitative estimate of drug-likeness (QED) is 0.680. The van der Waals surface area contributed by atoms with Crippen molar-refractivity contribution >= 4 is 28.5 Å². The van der Waals surface area contributed by atoms with Crippen molar-refractivity contribution < 1.29 is 23.5 Å². The zero-order chi connectivity index (χ0) is 17.1. The van der Waals surface area contributed by atoms with Crippen LogP contribution in [0.25, 0.3) is 11.0 Å². The van der Waals surface area contributed by atoms with Crippen LogP contribution in [-0.4, -0.2) is 24.6 Å². The zero-order valence-electron chi connectivity index (χ0n) is 13.2. The Bertz CT molecular complexity index is 835. The highest BCUT2D eigenvalue weighted by atomic mass is 16.6. The van der Waals surface area contributed by atoms with Crippen molar-refractivity contribution in [3.63, 3.8) is 0 Å². The minimum Gasteiger partial charge on any atom is -0.459 e. The van der Waals surface area contributed by atoms with Gasteiger partial charge in [0.15, 0.2) is 6.10 Å². The van der Waals surface area contributed by atoms with E-state index in [0.717, 1.165) is 6.42 Å². The summed E-state index contributed by atoms with van der Waals surface area (Å²) in [6, 6.07) is 6.25. The van der Waals surface area contributed by atoms with Gasteiger partial charge in [0.2, 0.25) is 5.91 Å². The molecule has 0 spiro atoms. The minimum absolute atomic E-state index is 0.0414. The zero-order valence-corrected chi connectivity index (χ0v) is 13.2. The maximum atomic E-state index is 11.9. The van der Waals surface area contributed by atoms with Gasteiger partial charge in [-0.2, -0.15) is 0 Å². The average molecular weight is 331 g/mol. The second-order valence-corrected chi connectivity index (χ2v) is 5.59. The third-order valence-electron chi connectivity index (χ3n) is 3.71. The minimum atomic E-state index is -0.550. The largest absolute Gasteiger partial charge is 0.459 e. The summed E-state index contributed by atoms with van der Waals surface area (Å²) in [5, 5.41) is 3.26. The van der Waals surface area contributed by atoms with Crippen LogP contribution in [0.3, 0.4) is 0 Å². The van der Waals surface area contributed by atoms with Gasteiger partial charge < -0.3 is 19.2 Å². The first-order valence-electron chi connectivity index (χ1n) is 7.65. The van der Waals surface area contributed by atoms with E-state index in [9.17, 15) is 14.4 Å². The number of anilines is 1. The van der Waals surface area contributed by atoms with Crippen molar-refractivity contribution in [2.24, 2.45) is 0 Å². The Morgan fingerprint density at radius 1 is 1.33 bits per heavy atom. The predicted octanol–water partition coefficient (Wildman–Crippen LogP) is 1.97. The molecule has 2 heterocycles. The van der Waals surface area contributed by atoms with E-state index < -0.39 is 17.7 Å². The lowest BCUT2D eigenvalue weighted by atomic mass is 10.1. The fourth-order valence-corrected chi connectivity index (χ4v) is 2.64. The summed E-state index contributed by atoms with van der Waals surface area (Å²) in [5.41, 5.74) is 0.830. The molecule has 0 aliphatic carbocycles. The number of hydrogen-bond acceptors (Lipinski definition) is 6. The molecule has 0 saturated carbocycles. The number of ether oxygens (including phenoxy) is 2. The Balaban J connectivity index is 1.83. The number of amides is 1. The molecule has 1 atom stereocenters. The van der Waals surface area contributed by atoms with Gasteiger partial charge in [0, 0.05) is 42.3 Å². The molecular weight excluding hydrogens is 314 g/mol. The van der Waals surface area contributed by atoms with Gasteiger partial charge in [-0.05, 0) is 25.0 Å². The Labute approximate surface area is 137 Å². The number of nitrogens with one attached hydrogen (secondary N) is 1. The molecule has 1 fully saturated rings. The maximum absolute atomic E-state index is 11.9. The highest BCUT2D eigenvalue weighted by molar-refractivity contribution is 5.92. The van der Waals surface area contributed by atoms with Gasteiger partial charge in [0.05, 0.1) is 0 Å². The van der Waals surface area contributed by atoms with E-state index in [1.807, 2.05) is 0 Å². The molecule has 2 aromatic rings. The number of benzene rings is 1. The average Bonchev–Trinajstić information content (AvgIpc) is 3.05. The summed E-state index contributed by atoms with van der Waals surface area (Å²) in [5.74, 6) is -0.651. The summed E-state index contributed by atoms with van der Waals surface area (Å²) in [7, 11) is 0. The number of rotatable bonds is 4. The molecule has 1 saturated heterocycles. The van der Waals surface area contributed by atoms with Crippen LogP contribution in [0.1, 0.15) is 25.3 Å². The molecule has 3 rings (SSSR count). The topological polar surface area (TPSA) is 94.8 Å². The molecular formula is C17H17NO6. The molecule has 0 bridgehead atoms. The molecule has 1 amide bonds. The third kappa shape index (κ3) is 3.62. The van der Waals surface area contributed by atoms with Crippen LogP contribution in [0.2, 0.25) is 0 Å². The van der Waals surface area contributed by atoms with E-state index in [4.69, 9.17) is 13.9 Å². The number of esters is 1. The van der Waals surface area contributed by atoms with E-state index >= 15 is 0 Å². The van der Waals surface area contributed by atoms with Crippen molar-refractivity contribution in [2.75, 3.05) is 11.9 Å². The molecule has 1 aliphatic rings. The van der Waals surface area contributed by atoms with Gasteiger partial charge >= 0.3 is 11.6 Å². The van der Waals surface area contributed by atoms with Crippen LogP contribution < -0.4 is 10.9 Å². The number of carbonyl (C=O) groups is 2. The predicted molar refractivity (Wildman–Crippen MR) is 85.6 cm³/mol. The maximum Gasteiger partial charge on any atom is 0.336 e. The summed E-state index contributed by atoms with van der Waals surface area (Å²) in [4.78, 5) is 34.8. The second-order valence-electron chi connectivity index (χ2n) is 5.59. The normalized spacial score (nSPS) is 17.0. The van der Waals surface area contributed by atoms with Crippen LogP contribution in [0.5, 0.6) is 0 Å². The standard InChI is InChI=1S/C17H17NO6/c1-10(19)18-12-4-5-13-11(7-16(20)24-15(13)8-12)9-23-17(21)14-3-2-6-22-14/h4-5,7-8,14H,2-3,6,9H2,1H3,(H,18,19). The van der Waals surface area contributed by atoms with E-state index in [-0.39, 0.29) is 12.5 Å². The molecule has 24 heavy (non-hydrogen) atoms. The summed E-state index contributed by atoms with van der Waals surface area (Å²) in [6.45, 7) is 1.91. The van der Waals surface area contributed by atoms with E-state index in [2.05, 4.69) is 5.32 Å². The van der Waals surface area contributed by atoms with Crippen LogP contribution in [0.15, 0.2) is 33.5 Å². The lowest BCUT2D eigenvalue weighted by molar-refractivity contribution is -0.155. The number of fused-ring (bicyclic) bond motifs is 1. The Morgan fingerprint density at radius 3 is 2.88 bits per heavy atom. The summed E-state index contributed by atoms with van der Waals surface area (Å²) < 4.78 is 15.7. The monoisotopic (exact) mass is 331 g/mol. The van der Waals surface area contributed by atoms with E-state index in [1.54, 1.807) is 18.2 Å². The van der Waals surface area contributed by atoms with Crippen molar-refractivity contribution in [3.8, 4) is 0 Å². The van der Waals surface area contributed by atoms with Crippen molar-refractivity contribution in [3.05, 3.63) is 40.2 Å². The smallest absolute Gasteiger partial charge is 0.336 e. The van der Waals surface area contributed by atoms with Crippen LogP contribution >= 0.6 is 0 Å². The Morgan fingerprint density at radius 2 is 2.17 bits per heavy atom. The van der Waals surface area contributed by atoms with Gasteiger partial charge in [-0.25, -0.2) is 9.59 Å². The van der Waals surface area contributed by atoms with Crippen LogP contribution in [0.4, 0.5) is 5.69 Å². The SMILES string of the molecule is CC(=O)Nc1ccc2c(COC(=O)C3CCCO3)cc(=O)oc2c1. The van der Waals surface area contributed by atoms with Crippen molar-refractivity contribution in [2.45, 2.75) is 32.5 Å².